The van der Waals surface area contributed by atoms with E-state index in [1.807, 2.05) is 66.1 Å². The van der Waals surface area contributed by atoms with Crippen LogP contribution in [0, 0.1) is 5.82 Å². The van der Waals surface area contributed by atoms with Gasteiger partial charge in [0, 0.05) is 47.1 Å². The van der Waals surface area contributed by atoms with Gasteiger partial charge in [-0.15, -0.1) is 13.2 Å². The van der Waals surface area contributed by atoms with E-state index in [0.29, 0.717) is 29.2 Å². The zero-order valence-electron chi connectivity index (χ0n) is 33.0. The predicted molar refractivity (Wildman–Crippen MR) is 223 cm³/mol. The molecule has 51 heavy (non-hydrogen) atoms. The lowest BCUT2D eigenvalue weighted by atomic mass is 9.89. The van der Waals surface area contributed by atoms with Gasteiger partial charge in [0.2, 0.25) is 0 Å². The molecule has 3 aromatic carbocycles. The molecule has 2 fully saturated rings. The van der Waals surface area contributed by atoms with Gasteiger partial charge in [-0.05, 0) is 101 Å². The number of carbonyl (C=O) groups is 1. The lowest BCUT2D eigenvalue weighted by Crippen LogP contribution is -2.36. The minimum absolute atomic E-state index is 0.131. The van der Waals surface area contributed by atoms with E-state index in [0.717, 1.165) is 43.2 Å². The van der Waals surface area contributed by atoms with Crippen molar-refractivity contribution in [3.8, 4) is 0 Å². The molecular weight excluding hydrogens is 678 g/mol. The van der Waals surface area contributed by atoms with Crippen LogP contribution in [0.5, 0.6) is 0 Å². The first-order valence-corrected chi connectivity index (χ1v) is 19.5. The van der Waals surface area contributed by atoms with Crippen LogP contribution >= 0.6 is 23.2 Å². The van der Waals surface area contributed by atoms with Crippen molar-refractivity contribution in [2.45, 2.75) is 131 Å². The zero-order valence-corrected chi connectivity index (χ0v) is 34.5. The first-order chi connectivity index (χ1) is 24.6. The normalized spacial score (nSPS) is 14.3. The summed E-state index contributed by atoms with van der Waals surface area (Å²) < 4.78 is 16.3. The lowest BCUT2D eigenvalue weighted by Gasteiger charge is -2.32. The molecule has 6 rings (SSSR count). The van der Waals surface area contributed by atoms with Crippen LogP contribution in [0.3, 0.4) is 0 Å². The largest absolute Gasteiger partial charge is 0.399 e. The van der Waals surface area contributed by atoms with Crippen molar-refractivity contribution in [2.75, 3.05) is 12.8 Å². The molecule has 284 valence electrons. The van der Waals surface area contributed by atoms with Gasteiger partial charge in [-0.2, -0.15) is 0 Å². The number of fused-ring (bicyclic) bond motifs is 1. The van der Waals surface area contributed by atoms with Crippen molar-refractivity contribution in [3.05, 3.63) is 107 Å². The molecule has 2 N–H and O–H groups in total. The molecule has 0 spiro atoms. The van der Waals surface area contributed by atoms with E-state index in [1.54, 1.807) is 24.3 Å². The third kappa shape index (κ3) is 14.4. The summed E-state index contributed by atoms with van der Waals surface area (Å²) in [5.41, 5.74) is 10.5. The fourth-order valence-corrected chi connectivity index (χ4v) is 6.18. The molecule has 2 unspecified atom stereocenters. The van der Waals surface area contributed by atoms with Gasteiger partial charge in [0.25, 0.3) is 0 Å². The Bertz CT molecular complexity index is 1520. The molecule has 0 radical (unpaired) electrons. The molecule has 2 atom stereocenters. The quantitative estimate of drug-likeness (QED) is 0.105. The highest BCUT2D eigenvalue weighted by molar-refractivity contribution is 6.31. The molecule has 1 aromatic heterocycles. The van der Waals surface area contributed by atoms with Gasteiger partial charge in [-0.25, -0.2) is 9.37 Å². The molecule has 0 aliphatic heterocycles. The Balaban J connectivity index is 0.000000701. The van der Waals surface area contributed by atoms with Crippen LogP contribution in [0.15, 0.2) is 80.1 Å². The van der Waals surface area contributed by atoms with Crippen LogP contribution in [0.25, 0.3) is 11.0 Å². The van der Waals surface area contributed by atoms with E-state index < -0.39 is 0 Å². The first-order valence-electron chi connectivity index (χ1n) is 18.7. The van der Waals surface area contributed by atoms with Crippen molar-refractivity contribution >= 4 is 46.2 Å². The zero-order chi connectivity index (χ0) is 39.1. The Labute approximate surface area is 319 Å². The molecule has 2 saturated carbocycles. The number of aromatic nitrogens is 2. The molecule has 8 heteroatoms. The molecule has 2 aliphatic rings. The van der Waals surface area contributed by atoms with Crippen LogP contribution in [0.1, 0.15) is 118 Å². The lowest BCUT2D eigenvalue weighted by molar-refractivity contribution is -0.108. The van der Waals surface area contributed by atoms with Crippen molar-refractivity contribution < 1.29 is 9.18 Å². The number of hydrogen-bond donors (Lipinski definition) is 1. The number of nitrogen functional groups attached to an aromatic ring is 1. The number of rotatable bonds is 9. The smallest absolute Gasteiger partial charge is 0.145 e. The summed E-state index contributed by atoms with van der Waals surface area (Å²) in [5.74, 6) is -0.0450. The highest BCUT2D eigenvalue weighted by atomic mass is 35.5. The van der Waals surface area contributed by atoms with E-state index in [-0.39, 0.29) is 22.2 Å². The van der Waals surface area contributed by atoms with Crippen LogP contribution in [0.4, 0.5) is 10.1 Å². The van der Waals surface area contributed by atoms with Crippen LogP contribution in [-0.2, 0) is 16.8 Å². The highest BCUT2D eigenvalue weighted by Gasteiger charge is 2.43. The van der Waals surface area contributed by atoms with Crippen molar-refractivity contribution in [2.24, 2.45) is 0 Å². The van der Waals surface area contributed by atoms with Crippen LogP contribution in [0.2, 0.25) is 10.0 Å². The fourth-order valence-electron chi connectivity index (χ4n) is 5.80. The number of carbonyl (C=O) groups excluding carboxylic acids is 1. The number of aryl methyl sites for hydroxylation is 1. The highest BCUT2D eigenvalue weighted by Crippen LogP contribution is 2.50. The van der Waals surface area contributed by atoms with E-state index in [9.17, 15) is 9.18 Å². The number of imidazole rings is 1. The summed E-state index contributed by atoms with van der Waals surface area (Å²) in [6.45, 7) is 25.4. The second kappa shape index (κ2) is 25.7. The molecular formula is C43H65Cl2FN4O. The van der Waals surface area contributed by atoms with E-state index in [2.05, 4.69) is 73.6 Å². The monoisotopic (exact) mass is 742 g/mol. The van der Waals surface area contributed by atoms with Crippen LogP contribution in [-0.4, -0.2) is 39.9 Å². The maximum absolute atomic E-state index is 14.1. The SMILES string of the molecule is C=C.CC.CC.CC.CCC(c1cccc(Cl)c1F)C(C)N(C)C1CC1.CCn1cnc2cc(C3(CC=O)CC3)ccc21.Nc1cccc(Cl)c1. The maximum Gasteiger partial charge on any atom is 0.145 e. The summed E-state index contributed by atoms with van der Waals surface area (Å²) in [6, 6.07) is 19.9. The van der Waals surface area contributed by atoms with Gasteiger partial charge in [-0.3, -0.25) is 0 Å². The second-order valence-electron chi connectivity index (χ2n) is 11.7. The average molecular weight is 744 g/mol. The summed E-state index contributed by atoms with van der Waals surface area (Å²) >= 11 is 11.5. The predicted octanol–water partition coefficient (Wildman–Crippen LogP) is 12.9. The Morgan fingerprint density at radius 1 is 1.00 bits per heavy atom. The number of nitrogens with zero attached hydrogens (tertiary/aromatic N) is 3. The molecule has 0 saturated heterocycles. The third-order valence-electron chi connectivity index (χ3n) is 8.92. The second-order valence-corrected chi connectivity index (χ2v) is 12.6. The minimum Gasteiger partial charge on any atom is -0.399 e. The van der Waals surface area contributed by atoms with Gasteiger partial charge in [0.1, 0.15) is 12.1 Å². The van der Waals surface area contributed by atoms with Gasteiger partial charge >= 0.3 is 0 Å². The van der Waals surface area contributed by atoms with Crippen molar-refractivity contribution in [3.63, 3.8) is 0 Å². The first kappa shape index (κ1) is 47.8. The number of aldehydes is 1. The number of nitrogens with two attached hydrogens (primary N) is 1. The average Bonchev–Trinajstić information content (AvgIpc) is 4.12. The standard InChI is InChI=1S/C15H21ClFN.C14H16N2O.C6H6ClN.3C2H6.C2H4/c1-4-12(10(2)18(3)11-8-9-11)13-6-5-7-14(16)15(13)17;1-2-16-10-15-12-9-11(3-4-13(12)16)14(5-6-14)7-8-17;7-5-2-1-3-6(8)4-5;4*1-2/h5-7,10-12H,4,8-9H2,1-3H3;3-4,8-10H,2,5-7H2,1H3;1-4H,8H2;3*1-2H3;1-2H2. The summed E-state index contributed by atoms with van der Waals surface area (Å²) in [5, 5.41) is 0.914. The van der Waals surface area contributed by atoms with E-state index in [1.165, 1.54) is 23.9 Å². The molecule has 4 aromatic rings. The van der Waals surface area contributed by atoms with Crippen molar-refractivity contribution in [1.29, 1.82) is 0 Å². The number of likely N-dealkylation sites (N-methyl/N-ethyl adjacent to an activating group) is 1. The number of halogens is 3. The summed E-state index contributed by atoms with van der Waals surface area (Å²) in [7, 11) is 2.15. The summed E-state index contributed by atoms with van der Waals surface area (Å²) in [6.07, 6.45) is 9.31. The summed E-state index contributed by atoms with van der Waals surface area (Å²) in [4.78, 5) is 17.5. The molecule has 0 bridgehead atoms. The fraction of sp³-hybridized carbons (Fsp3) is 0.488. The molecule has 5 nitrogen and oxygen atoms in total. The molecule has 1 heterocycles. The van der Waals surface area contributed by atoms with Gasteiger partial charge in [0.05, 0.1) is 22.4 Å². The minimum atomic E-state index is -0.248. The number of benzene rings is 3. The van der Waals surface area contributed by atoms with E-state index >= 15 is 0 Å². The molecule has 0 amide bonds. The van der Waals surface area contributed by atoms with Crippen molar-refractivity contribution in [1.82, 2.24) is 14.5 Å². The Kier molecular flexibility index (Phi) is 24.1. The third-order valence-corrected chi connectivity index (χ3v) is 9.45. The van der Waals surface area contributed by atoms with Gasteiger partial charge in [0.15, 0.2) is 0 Å². The number of hydrogen-bond acceptors (Lipinski definition) is 4. The van der Waals surface area contributed by atoms with Crippen LogP contribution < -0.4 is 5.73 Å². The van der Waals surface area contributed by atoms with Gasteiger partial charge in [-0.1, -0.05) is 95.9 Å². The van der Waals surface area contributed by atoms with Gasteiger partial charge < -0.3 is 20.0 Å². The Hall–Kier alpha value is -3.19. The Morgan fingerprint density at radius 2 is 1.61 bits per heavy atom. The maximum atomic E-state index is 14.1. The van der Waals surface area contributed by atoms with E-state index in [4.69, 9.17) is 28.9 Å². The topological polar surface area (TPSA) is 64.2 Å². The Morgan fingerprint density at radius 3 is 2.08 bits per heavy atom. The molecule has 2 aliphatic carbocycles. The number of anilines is 1.